The van der Waals surface area contributed by atoms with E-state index < -0.39 is 23.1 Å². The molecule has 0 radical (unpaired) electrons. The van der Waals surface area contributed by atoms with E-state index in [1.54, 1.807) is 36.4 Å². The van der Waals surface area contributed by atoms with Crippen LogP contribution in [0.4, 0.5) is 0 Å². The standard InChI is InChI=1S/C20H19BrN4O4/c1-23(2)10-9-22-18(27)16-15-14(8-7-13(21)17(15)26)24-19(28)11-5-3-4-6-12(11)20(29)25(16)24/h3-8,16,26H,9-10H2,1-2H3,(H,22,27). The maximum atomic E-state index is 13.3. The third-order valence-corrected chi connectivity index (χ3v) is 5.64. The first kappa shape index (κ1) is 19.4. The summed E-state index contributed by atoms with van der Waals surface area (Å²) >= 11 is 3.26. The van der Waals surface area contributed by atoms with Gasteiger partial charge in [-0.05, 0) is 54.3 Å². The molecular weight excluding hydrogens is 440 g/mol. The molecule has 0 fully saturated rings. The summed E-state index contributed by atoms with van der Waals surface area (Å²) in [5.74, 6) is -0.640. The van der Waals surface area contributed by atoms with Crippen molar-refractivity contribution in [3.05, 3.63) is 67.1 Å². The van der Waals surface area contributed by atoms with Crippen LogP contribution in [0, 0.1) is 0 Å². The highest BCUT2D eigenvalue weighted by Crippen LogP contribution is 2.41. The Morgan fingerprint density at radius 2 is 1.79 bits per heavy atom. The van der Waals surface area contributed by atoms with Gasteiger partial charge in [0.2, 0.25) is 5.91 Å². The van der Waals surface area contributed by atoms with Crippen LogP contribution >= 0.6 is 15.9 Å². The molecule has 1 aromatic heterocycles. The van der Waals surface area contributed by atoms with Gasteiger partial charge in [0.15, 0.2) is 6.04 Å². The molecule has 2 aromatic carbocycles. The minimum absolute atomic E-state index is 0.172. The molecule has 1 aliphatic rings. The molecule has 8 nitrogen and oxygen atoms in total. The lowest BCUT2D eigenvalue weighted by atomic mass is 10.0. The molecular formula is C20H19BrN4O4. The summed E-state index contributed by atoms with van der Waals surface area (Å²) in [6, 6.07) is 8.52. The monoisotopic (exact) mass is 458 g/mol. The summed E-state index contributed by atoms with van der Waals surface area (Å²) in [6.45, 7) is 0.966. The molecule has 1 aliphatic heterocycles. The van der Waals surface area contributed by atoms with Crippen molar-refractivity contribution in [3.8, 4) is 11.4 Å². The average Bonchev–Trinajstić information content (AvgIpc) is 3.05. The van der Waals surface area contributed by atoms with Crippen LogP contribution < -0.4 is 16.4 Å². The van der Waals surface area contributed by atoms with Gasteiger partial charge in [0.25, 0.3) is 11.1 Å². The third-order valence-electron chi connectivity index (χ3n) is 5.00. The van der Waals surface area contributed by atoms with Gasteiger partial charge < -0.3 is 15.3 Å². The maximum Gasteiger partial charge on any atom is 0.278 e. The van der Waals surface area contributed by atoms with Crippen molar-refractivity contribution in [1.29, 1.82) is 0 Å². The van der Waals surface area contributed by atoms with E-state index in [4.69, 9.17) is 0 Å². The summed E-state index contributed by atoms with van der Waals surface area (Å²) in [4.78, 5) is 41.4. The summed E-state index contributed by atoms with van der Waals surface area (Å²) < 4.78 is 2.69. The summed E-state index contributed by atoms with van der Waals surface area (Å²) in [6.07, 6.45) is 0. The number of hydrogen-bond donors (Lipinski definition) is 2. The van der Waals surface area contributed by atoms with Crippen LogP contribution in [0.1, 0.15) is 11.6 Å². The van der Waals surface area contributed by atoms with Crippen LogP contribution in [-0.2, 0) is 4.79 Å². The Balaban J connectivity index is 1.99. The first-order valence-electron chi connectivity index (χ1n) is 9.03. The number of amides is 1. The Hall–Kier alpha value is -2.91. The van der Waals surface area contributed by atoms with E-state index in [-0.39, 0.29) is 22.1 Å². The highest BCUT2D eigenvalue weighted by atomic mass is 79.9. The van der Waals surface area contributed by atoms with Crippen molar-refractivity contribution in [2.24, 2.45) is 0 Å². The fourth-order valence-electron chi connectivity index (χ4n) is 3.63. The van der Waals surface area contributed by atoms with Gasteiger partial charge in [-0.1, -0.05) is 12.1 Å². The molecule has 2 heterocycles. The first-order valence-corrected chi connectivity index (χ1v) is 9.83. The van der Waals surface area contributed by atoms with Crippen molar-refractivity contribution < 1.29 is 9.90 Å². The van der Waals surface area contributed by atoms with E-state index in [0.717, 1.165) is 4.68 Å². The number of phenolic OH excluding ortho intramolecular Hbond substituents is 1. The van der Waals surface area contributed by atoms with E-state index in [0.29, 0.717) is 23.2 Å². The summed E-state index contributed by atoms with van der Waals surface area (Å²) in [7, 11) is 3.76. The van der Waals surface area contributed by atoms with Gasteiger partial charge in [0.1, 0.15) is 5.75 Å². The quantitative estimate of drug-likeness (QED) is 0.612. The number of aromatic nitrogens is 2. The zero-order valence-corrected chi connectivity index (χ0v) is 17.4. The van der Waals surface area contributed by atoms with Crippen molar-refractivity contribution >= 4 is 32.6 Å². The molecule has 1 atom stereocenters. The largest absolute Gasteiger partial charge is 0.506 e. The number of phenols is 1. The van der Waals surface area contributed by atoms with Gasteiger partial charge in [-0.3, -0.25) is 14.4 Å². The van der Waals surface area contributed by atoms with Crippen molar-refractivity contribution in [2.45, 2.75) is 6.04 Å². The highest BCUT2D eigenvalue weighted by molar-refractivity contribution is 9.10. The minimum Gasteiger partial charge on any atom is -0.506 e. The second-order valence-electron chi connectivity index (χ2n) is 7.14. The van der Waals surface area contributed by atoms with Crippen LogP contribution in [0.15, 0.2) is 50.5 Å². The Morgan fingerprint density at radius 1 is 1.14 bits per heavy atom. The van der Waals surface area contributed by atoms with Crippen LogP contribution in [0.3, 0.4) is 0 Å². The SMILES string of the molecule is CN(C)CCNC(=O)C1c2c(ccc(Br)c2O)-n2c(=O)c3ccccc3c(=O)n21. The zero-order valence-electron chi connectivity index (χ0n) is 15.8. The van der Waals surface area contributed by atoms with Gasteiger partial charge in [-0.25, -0.2) is 9.36 Å². The first-order chi connectivity index (χ1) is 13.8. The van der Waals surface area contributed by atoms with Crippen molar-refractivity contribution in [3.63, 3.8) is 0 Å². The maximum absolute atomic E-state index is 13.3. The molecule has 0 spiro atoms. The lowest BCUT2D eigenvalue weighted by molar-refractivity contribution is -0.123. The summed E-state index contributed by atoms with van der Waals surface area (Å²) in [5, 5.41) is 14.0. The van der Waals surface area contributed by atoms with E-state index >= 15 is 0 Å². The van der Waals surface area contributed by atoms with Crippen LogP contribution in [-0.4, -0.2) is 52.5 Å². The molecule has 0 saturated carbocycles. The Labute approximate surface area is 174 Å². The molecule has 4 rings (SSSR count). The third kappa shape index (κ3) is 2.97. The highest BCUT2D eigenvalue weighted by Gasteiger charge is 2.39. The molecule has 1 amide bonds. The molecule has 2 N–H and O–H groups in total. The fraction of sp³-hybridized carbons (Fsp3) is 0.250. The normalized spacial score (nSPS) is 14.8. The number of rotatable bonds is 4. The number of hydrogen-bond acceptors (Lipinski definition) is 5. The van der Waals surface area contributed by atoms with Crippen molar-refractivity contribution in [1.82, 2.24) is 19.6 Å². The number of benzene rings is 2. The molecule has 9 heteroatoms. The van der Waals surface area contributed by atoms with Crippen molar-refractivity contribution in [2.75, 3.05) is 27.2 Å². The van der Waals surface area contributed by atoms with E-state index in [1.807, 2.05) is 19.0 Å². The molecule has 0 bridgehead atoms. The number of halogens is 1. The van der Waals surface area contributed by atoms with Crippen LogP contribution in [0.2, 0.25) is 0 Å². The van der Waals surface area contributed by atoms with Crippen LogP contribution in [0.25, 0.3) is 16.5 Å². The van der Waals surface area contributed by atoms with E-state index in [9.17, 15) is 19.5 Å². The molecule has 1 unspecified atom stereocenters. The minimum atomic E-state index is -1.16. The Bertz CT molecular complexity index is 1260. The van der Waals surface area contributed by atoms with Gasteiger partial charge in [-0.15, -0.1) is 0 Å². The van der Waals surface area contributed by atoms with E-state index in [1.165, 1.54) is 4.68 Å². The molecule has 0 aliphatic carbocycles. The average molecular weight is 459 g/mol. The number of carbonyl (C=O) groups excluding carboxylic acids is 1. The second kappa shape index (κ2) is 7.16. The van der Waals surface area contributed by atoms with Crippen LogP contribution in [0.5, 0.6) is 5.75 Å². The number of fused-ring (bicyclic) bond motifs is 4. The molecule has 150 valence electrons. The zero-order chi connectivity index (χ0) is 20.9. The van der Waals surface area contributed by atoms with Gasteiger partial charge in [0.05, 0.1) is 26.5 Å². The van der Waals surface area contributed by atoms with Gasteiger partial charge >= 0.3 is 0 Å². The smallest absolute Gasteiger partial charge is 0.278 e. The fourth-order valence-corrected chi connectivity index (χ4v) is 3.98. The molecule has 3 aromatic rings. The number of likely N-dealkylation sites (N-methyl/N-ethyl adjacent to an activating group) is 1. The summed E-state index contributed by atoms with van der Waals surface area (Å²) in [5.41, 5.74) is -0.367. The molecule has 29 heavy (non-hydrogen) atoms. The van der Waals surface area contributed by atoms with Gasteiger partial charge in [-0.2, -0.15) is 0 Å². The predicted molar refractivity (Wildman–Crippen MR) is 113 cm³/mol. The van der Waals surface area contributed by atoms with Gasteiger partial charge in [0, 0.05) is 13.1 Å². The predicted octanol–water partition coefficient (Wildman–Crippen LogP) is 1.20. The number of nitrogens with one attached hydrogen (secondary N) is 1. The lowest BCUT2D eigenvalue weighted by Crippen LogP contribution is -2.42. The Kier molecular flexibility index (Phi) is 4.79. The second-order valence-corrected chi connectivity index (χ2v) is 7.99. The Morgan fingerprint density at radius 3 is 2.45 bits per heavy atom. The topological polar surface area (TPSA) is 96.6 Å². The molecule has 0 saturated heterocycles. The number of nitrogens with zero attached hydrogens (tertiary/aromatic N) is 3. The number of aromatic hydroxyl groups is 1. The van der Waals surface area contributed by atoms with E-state index in [2.05, 4.69) is 21.2 Å². The number of carbonyl (C=O) groups is 1. The lowest BCUT2D eigenvalue weighted by Gasteiger charge is -2.17.